The van der Waals surface area contributed by atoms with Crippen LogP contribution >= 0.6 is 0 Å². The molecule has 1 aromatic rings. The molecule has 0 saturated heterocycles. The third-order valence-electron chi connectivity index (χ3n) is 7.43. The average Bonchev–Trinajstić information content (AvgIpc) is 2.98. The number of nitrogens with one attached hydrogen (secondary N) is 2. The molecule has 0 aromatic heterocycles. The first-order chi connectivity index (χ1) is 16.3. The predicted octanol–water partition coefficient (Wildman–Crippen LogP) is 8.53. The number of Topliss-reactive ketones (excluding diaryl/α,β-unsaturated/α-hetero) is 1. The van der Waals surface area contributed by atoms with Crippen LogP contribution in [0.15, 0.2) is 47.6 Å². The zero-order chi connectivity index (χ0) is 24.5. The van der Waals surface area contributed by atoms with Crippen LogP contribution in [0.2, 0.25) is 0 Å². The number of hydrogen-bond acceptors (Lipinski definition) is 3. The molecule has 34 heavy (non-hydrogen) atoms. The van der Waals surface area contributed by atoms with Gasteiger partial charge in [-0.3, -0.25) is 4.79 Å². The smallest absolute Gasteiger partial charge is 0.163 e. The third-order valence-corrected chi connectivity index (χ3v) is 7.43. The third kappa shape index (κ3) is 7.89. The molecule has 0 heterocycles. The number of benzene rings is 1. The summed E-state index contributed by atoms with van der Waals surface area (Å²) < 4.78 is 0. The number of carbonyl (C=O) groups excluding carboxylic acids is 1. The molecule has 0 aliphatic heterocycles. The van der Waals surface area contributed by atoms with Crippen molar-refractivity contribution in [1.82, 2.24) is 0 Å². The van der Waals surface area contributed by atoms with E-state index in [1.165, 1.54) is 37.7 Å². The molecule has 0 spiro atoms. The van der Waals surface area contributed by atoms with E-state index >= 15 is 0 Å². The predicted molar refractivity (Wildman–Crippen MR) is 144 cm³/mol. The van der Waals surface area contributed by atoms with Gasteiger partial charge >= 0.3 is 0 Å². The van der Waals surface area contributed by atoms with Gasteiger partial charge in [0.15, 0.2) is 5.78 Å². The zero-order valence-corrected chi connectivity index (χ0v) is 21.6. The van der Waals surface area contributed by atoms with Gasteiger partial charge in [-0.2, -0.15) is 0 Å². The normalized spacial score (nSPS) is 18.3. The fourth-order valence-corrected chi connectivity index (χ4v) is 5.75. The van der Waals surface area contributed by atoms with Crippen molar-refractivity contribution >= 4 is 17.2 Å². The Labute approximate surface area is 207 Å². The SMILES string of the molecule is CC(C)CC(C)CC(=O)c1ccc(CCC(=N)C2=C(CC3CCCCC3)CCC=CC2=N)cc1. The molecular weight excluding hydrogens is 416 g/mol. The summed E-state index contributed by atoms with van der Waals surface area (Å²) in [6.45, 7) is 6.57. The Morgan fingerprint density at radius 1 is 1.06 bits per heavy atom. The van der Waals surface area contributed by atoms with Crippen molar-refractivity contribution in [2.45, 2.75) is 97.8 Å². The van der Waals surface area contributed by atoms with Gasteiger partial charge in [0.25, 0.3) is 0 Å². The Balaban J connectivity index is 1.61. The molecule has 1 aromatic carbocycles. The maximum absolute atomic E-state index is 12.6. The Kier molecular flexibility index (Phi) is 10.0. The molecule has 2 aliphatic rings. The summed E-state index contributed by atoms with van der Waals surface area (Å²) in [4.78, 5) is 12.6. The van der Waals surface area contributed by atoms with E-state index < -0.39 is 0 Å². The van der Waals surface area contributed by atoms with Crippen molar-refractivity contribution in [3.63, 3.8) is 0 Å². The van der Waals surface area contributed by atoms with Gasteiger partial charge in [0.05, 0.1) is 5.71 Å². The van der Waals surface area contributed by atoms with E-state index in [2.05, 4.69) is 26.8 Å². The maximum atomic E-state index is 12.6. The molecule has 1 unspecified atom stereocenters. The number of carbonyl (C=O) groups is 1. The molecule has 1 saturated carbocycles. The van der Waals surface area contributed by atoms with Gasteiger partial charge in [0, 0.05) is 23.3 Å². The topological polar surface area (TPSA) is 64.8 Å². The molecule has 3 heteroatoms. The van der Waals surface area contributed by atoms with E-state index in [0.29, 0.717) is 36.1 Å². The largest absolute Gasteiger partial charge is 0.305 e. The summed E-state index contributed by atoms with van der Waals surface area (Å²) in [6, 6.07) is 7.99. The molecule has 0 bridgehead atoms. The minimum Gasteiger partial charge on any atom is -0.305 e. The minimum atomic E-state index is 0.226. The summed E-state index contributed by atoms with van der Waals surface area (Å²) in [5, 5.41) is 17.5. The standard InChI is InChI=1S/C31H44N2O/c1-22(2)19-23(3)20-30(34)26-16-13-24(14-17-26)15-18-29(33)31-27(11-7-8-12-28(31)32)21-25-9-5-4-6-10-25/h8,12-14,16-17,22-23,25,32-33H,4-7,9-11,15,18-21H2,1-3H3. The Hall–Kier alpha value is -2.29. The maximum Gasteiger partial charge on any atom is 0.163 e. The van der Waals surface area contributed by atoms with Crippen LogP contribution in [0, 0.1) is 28.6 Å². The molecular formula is C31H44N2O. The Morgan fingerprint density at radius 3 is 2.44 bits per heavy atom. The van der Waals surface area contributed by atoms with Crippen molar-refractivity contribution < 1.29 is 4.79 Å². The lowest BCUT2D eigenvalue weighted by Gasteiger charge is -2.24. The molecule has 1 fully saturated rings. The van der Waals surface area contributed by atoms with Crippen LogP contribution in [0.4, 0.5) is 0 Å². The van der Waals surface area contributed by atoms with Gasteiger partial charge in [-0.1, -0.05) is 88.8 Å². The van der Waals surface area contributed by atoms with Gasteiger partial charge in [-0.25, -0.2) is 0 Å². The molecule has 0 radical (unpaired) electrons. The van der Waals surface area contributed by atoms with Gasteiger partial charge in [0.1, 0.15) is 0 Å². The van der Waals surface area contributed by atoms with Gasteiger partial charge < -0.3 is 10.8 Å². The number of hydrogen-bond donors (Lipinski definition) is 2. The highest BCUT2D eigenvalue weighted by Crippen LogP contribution is 2.33. The second kappa shape index (κ2) is 13.0. The van der Waals surface area contributed by atoms with E-state index in [1.807, 2.05) is 30.3 Å². The van der Waals surface area contributed by atoms with E-state index in [9.17, 15) is 4.79 Å². The van der Waals surface area contributed by atoms with Gasteiger partial charge in [-0.15, -0.1) is 0 Å². The minimum absolute atomic E-state index is 0.226. The average molecular weight is 461 g/mol. The van der Waals surface area contributed by atoms with Crippen LogP contribution in [0.1, 0.15) is 107 Å². The molecule has 184 valence electrons. The highest BCUT2D eigenvalue weighted by molar-refractivity contribution is 6.26. The van der Waals surface area contributed by atoms with E-state index in [4.69, 9.17) is 10.8 Å². The van der Waals surface area contributed by atoms with Crippen molar-refractivity contribution in [2.24, 2.45) is 17.8 Å². The molecule has 1 atom stereocenters. The summed E-state index contributed by atoms with van der Waals surface area (Å²) in [5.41, 5.74) is 5.31. The first-order valence-corrected chi connectivity index (χ1v) is 13.5. The lowest BCUT2D eigenvalue weighted by Crippen LogP contribution is -2.16. The second-order valence-electron chi connectivity index (χ2n) is 11.1. The lowest BCUT2D eigenvalue weighted by molar-refractivity contribution is 0.0960. The van der Waals surface area contributed by atoms with E-state index in [0.717, 1.165) is 54.7 Å². The summed E-state index contributed by atoms with van der Waals surface area (Å²) in [7, 11) is 0. The van der Waals surface area contributed by atoms with Crippen molar-refractivity contribution in [3.8, 4) is 0 Å². The van der Waals surface area contributed by atoms with E-state index in [-0.39, 0.29) is 5.78 Å². The van der Waals surface area contributed by atoms with Crippen LogP contribution in [0.5, 0.6) is 0 Å². The van der Waals surface area contributed by atoms with Crippen LogP contribution in [0.3, 0.4) is 0 Å². The second-order valence-corrected chi connectivity index (χ2v) is 11.1. The molecule has 2 aliphatic carbocycles. The number of rotatable bonds is 11. The molecule has 3 rings (SSSR count). The first kappa shape index (κ1) is 26.3. The Morgan fingerprint density at radius 2 is 1.76 bits per heavy atom. The van der Waals surface area contributed by atoms with E-state index in [1.54, 1.807) is 0 Å². The summed E-state index contributed by atoms with van der Waals surface area (Å²) in [5.74, 6) is 1.98. The van der Waals surface area contributed by atoms with Crippen LogP contribution in [-0.4, -0.2) is 17.2 Å². The highest BCUT2D eigenvalue weighted by atomic mass is 16.1. The zero-order valence-electron chi connectivity index (χ0n) is 21.6. The van der Waals surface area contributed by atoms with Crippen LogP contribution in [-0.2, 0) is 6.42 Å². The van der Waals surface area contributed by atoms with Crippen molar-refractivity contribution in [1.29, 1.82) is 10.8 Å². The van der Waals surface area contributed by atoms with Crippen molar-refractivity contribution in [3.05, 3.63) is 58.7 Å². The quantitative estimate of drug-likeness (QED) is 0.252. The molecule has 3 nitrogen and oxygen atoms in total. The number of aryl methyl sites for hydroxylation is 1. The van der Waals surface area contributed by atoms with Gasteiger partial charge in [-0.05, 0) is 67.9 Å². The lowest BCUT2D eigenvalue weighted by atomic mass is 9.81. The van der Waals surface area contributed by atoms with Crippen LogP contribution in [0.25, 0.3) is 0 Å². The number of ketones is 1. The van der Waals surface area contributed by atoms with Crippen LogP contribution < -0.4 is 0 Å². The Bertz CT molecular complexity index is 913. The van der Waals surface area contributed by atoms with Gasteiger partial charge in [0.2, 0.25) is 0 Å². The first-order valence-electron chi connectivity index (χ1n) is 13.5. The highest BCUT2D eigenvalue weighted by Gasteiger charge is 2.22. The monoisotopic (exact) mass is 460 g/mol. The fourth-order valence-electron chi connectivity index (χ4n) is 5.75. The summed E-state index contributed by atoms with van der Waals surface area (Å²) in [6.07, 6.45) is 16.7. The molecule has 2 N–H and O–H groups in total. The summed E-state index contributed by atoms with van der Waals surface area (Å²) >= 11 is 0. The molecule has 0 amide bonds. The fraction of sp³-hybridized carbons (Fsp3) is 0.581. The van der Waals surface area contributed by atoms with Crippen molar-refractivity contribution in [2.75, 3.05) is 0 Å². The number of allylic oxidation sites excluding steroid dienone is 4.